The van der Waals surface area contributed by atoms with Crippen molar-refractivity contribution in [2.75, 3.05) is 19.8 Å². The molecule has 3 heterocycles. The third-order valence-corrected chi connectivity index (χ3v) is 8.50. The Morgan fingerprint density at radius 3 is 2.71 bits per heavy atom. The largest absolute Gasteiger partial charge is 0.466 e. The minimum atomic E-state index is -0.664. The second kappa shape index (κ2) is 7.86. The molecule has 2 bridgehead atoms. The van der Waals surface area contributed by atoms with Crippen molar-refractivity contribution in [2.24, 2.45) is 11.8 Å². The number of ether oxygens (including phenoxy) is 1. The summed E-state index contributed by atoms with van der Waals surface area (Å²) in [5, 5.41) is 12.6. The number of carbonyl (C=O) groups is 3. The lowest BCUT2D eigenvalue weighted by Gasteiger charge is -2.34. The molecule has 8 heteroatoms. The summed E-state index contributed by atoms with van der Waals surface area (Å²) in [7, 11) is 0. The first-order valence-corrected chi connectivity index (χ1v) is 11.2. The number of aliphatic hydroxyl groups is 1. The van der Waals surface area contributed by atoms with Crippen LogP contribution in [0.25, 0.3) is 0 Å². The summed E-state index contributed by atoms with van der Waals surface area (Å²) in [5.41, 5.74) is 0. The molecule has 3 unspecified atom stereocenters. The van der Waals surface area contributed by atoms with Gasteiger partial charge >= 0.3 is 5.97 Å². The van der Waals surface area contributed by atoms with Crippen molar-refractivity contribution in [3.8, 4) is 0 Å². The molecule has 0 saturated carbocycles. The lowest BCUT2D eigenvalue weighted by atomic mass is 9.66. The summed E-state index contributed by atoms with van der Waals surface area (Å²) in [6.07, 6.45) is 3.30. The average molecular weight is 413 g/mol. The maximum Gasteiger partial charge on any atom is 0.311 e. The van der Waals surface area contributed by atoms with Crippen molar-refractivity contribution in [1.82, 2.24) is 10.2 Å². The molecule has 3 fully saturated rings. The minimum Gasteiger partial charge on any atom is -0.466 e. The van der Waals surface area contributed by atoms with Crippen molar-refractivity contribution in [3.05, 3.63) is 0 Å². The van der Waals surface area contributed by atoms with Crippen molar-refractivity contribution >= 4 is 29.5 Å². The summed E-state index contributed by atoms with van der Waals surface area (Å²) in [4.78, 5) is 40.9. The van der Waals surface area contributed by atoms with E-state index in [1.54, 1.807) is 18.7 Å². The summed E-state index contributed by atoms with van der Waals surface area (Å²) < 4.78 is 4.28. The summed E-state index contributed by atoms with van der Waals surface area (Å²) in [5.74, 6) is -1.84. The lowest BCUT2D eigenvalue weighted by molar-refractivity contribution is -0.155. The maximum atomic E-state index is 13.4. The monoisotopic (exact) mass is 412 g/mol. The highest BCUT2D eigenvalue weighted by Gasteiger charge is 2.77. The lowest BCUT2D eigenvalue weighted by Crippen LogP contribution is -2.55. The molecule has 0 aromatic heterocycles. The average Bonchev–Trinajstić information content (AvgIpc) is 3.17. The Labute approximate surface area is 170 Å². The van der Waals surface area contributed by atoms with Crippen molar-refractivity contribution in [1.29, 1.82) is 0 Å². The predicted molar refractivity (Wildman–Crippen MR) is 107 cm³/mol. The van der Waals surface area contributed by atoms with Gasteiger partial charge < -0.3 is 20.1 Å². The van der Waals surface area contributed by atoms with Gasteiger partial charge in [0.15, 0.2) is 0 Å². The summed E-state index contributed by atoms with van der Waals surface area (Å²) in [6.45, 7) is 7.96. The number of esters is 1. The number of amides is 2. The molecular weight excluding hydrogens is 380 g/mol. The van der Waals surface area contributed by atoms with Crippen LogP contribution in [-0.4, -0.2) is 69.1 Å². The number of thioether (sulfide) groups is 1. The van der Waals surface area contributed by atoms with E-state index >= 15 is 0 Å². The van der Waals surface area contributed by atoms with Gasteiger partial charge in [-0.1, -0.05) is 13.3 Å². The van der Waals surface area contributed by atoms with Crippen LogP contribution in [0.15, 0.2) is 0 Å². The van der Waals surface area contributed by atoms with Crippen LogP contribution in [0.3, 0.4) is 0 Å². The number of likely N-dealkylation sites (tertiary alicyclic amines) is 1. The molecule has 2 amide bonds. The van der Waals surface area contributed by atoms with E-state index in [0.717, 1.165) is 19.3 Å². The molecule has 0 aromatic carbocycles. The minimum absolute atomic E-state index is 0.0130. The second-order valence-corrected chi connectivity index (χ2v) is 10.3. The molecule has 3 aliphatic heterocycles. The number of rotatable bonds is 8. The van der Waals surface area contributed by atoms with E-state index < -0.39 is 27.4 Å². The van der Waals surface area contributed by atoms with Crippen LogP contribution in [0.4, 0.5) is 0 Å². The number of nitrogens with zero attached hydrogens (tertiary/aromatic N) is 1. The van der Waals surface area contributed by atoms with Crippen LogP contribution in [0.2, 0.25) is 0 Å². The Balaban J connectivity index is 1.97. The van der Waals surface area contributed by atoms with Crippen LogP contribution < -0.4 is 5.32 Å². The predicted octanol–water partition coefficient (Wildman–Crippen LogP) is 1.33. The van der Waals surface area contributed by atoms with E-state index in [9.17, 15) is 19.5 Å². The number of hydrogen-bond donors (Lipinski definition) is 2. The fourth-order valence-corrected chi connectivity index (χ4v) is 7.84. The highest BCUT2D eigenvalue weighted by molar-refractivity contribution is 8.02. The maximum absolute atomic E-state index is 13.4. The Morgan fingerprint density at radius 1 is 1.39 bits per heavy atom. The van der Waals surface area contributed by atoms with Crippen LogP contribution in [-0.2, 0) is 19.1 Å². The molecule has 3 aliphatic rings. The van der Waals surface area contributed by atoms with Crippen molar-refractivity contribution < 1.29 is 24.2 Å². The van der Waals surface area contributed by atoms with Gasteiger partial charge in [0.1, 0.15) is 6.04 Å². The molecule has 0 aromatic rings. The van der Waals surface area contributed by atoms with E-state index in [-0.39, 0.29) is 43.6 Å². The van der Waals surface area contributed by atoms with Gasteiger partial charge in [-0.15, -0.1) is 11.8 Å². The normalized spacial score (nSPS) is 37.1. The van der Waals surface area contributed by atoms with E-state index in [2.05, 4.69) is 12.2 Å². The molecule has 158 valence electrons. The van der Waals surface area contributed by atoms with Gasteiger partial charge in [0.05, 0.1) is 29.8 Å². The van der Waals surface area contributed by atoms with Gasteiger partial charge in [-0.25, -0.2) is 0 Å². The van der Waals surface area contributed by atoms with Gasteiger partial charge in [0.25, 0.3) is 0 Å². The van der Waals surface area contributed by atoms with Gasteiger partial charge in [0.2, 0.25) is 11.8 Å². The molecule has 0 aliphatic carbocycles. The smallest absolute Gasteiger partial charge is 0.311 e. The summed E-state index contributed by atoms with van der Waals surface area (Å²) >= 11 is 1.62. The molecule has 28 heavy (non-hydrogen) atoms. The van der Waals surface area contributed by atoms with E-state index in [1.165, 1.54) is 4.90 Å². The number of hydrogen-bond acceptors (Lipinski definition) is 6. The molecular formula is C20H32N2O5S. The fourth-order valence-electron chi connectivity index (χ4n) is 5.49. The Bertz CT molecular complexity index is 659. The van der Waals surface area contributed by atoms with Crippen LogP contribution in [0.1, 0.15) is 53.4 Å². The Kier molecular flexibility index (Phi) is 6.01. The SMILES string of the molecule is CCCC(C)NC(=O)C1N(CCO)C(=O)[C@@H]2[C@H](C(=O)OCC)[C@]3(C)CCC12S3. The third kappa shape index (κ3) is 3.12. The second-order valence-electron chi connectivity index (χ2n) is 8.43. The first kappa shape index (κ1) is 21.4. The number of nitrogens with one attached hydrogen (secondary N) is 1. The molecule has 0 radical (unpaired) electrons. The Hall–Kier alpha value is -1.28. The highest BCUT2D eigenvalue weighted by atomic mass is 32.2. The molecule has 2 N–H and O–H groups in total. The highest BCUT2D eigenvalue weighted by Crippen LogP contribution is 2.71. The van der Waals surface area contributed by atoms with Crippen LogP contribution in [0, 0.1) is 11.8 Å². The van der Waals surface area contributed by atoms with Crippen molar-refractivity contribution in [2.45, 2.75) is 75.0 Å². The zero-order chi connectivity index (χ0) is 20.7. The first-order valence-electron chi connectivity index (χ1n) is 10.3. The van der Waals surface area contributed by atoms with Gasteiger partial charge in [-0.05, 0) is 40.0 Å². The molecule has 1 spiro atoms. The van der Waals surface area contributed by atoms with Gasteiger partial charge in [0, 0.05) is 17.3 Å². The van der Waals surface area contributed by atoms with E-state index in [1.807, 2.05) is 13.8 Å². The first-order chi connectivity index (χ1) is 13.3. The Morgan fingerprint density at radius 2 is 2.11 bits per heavy atom. The van der Waals surface area contributed by atoms with Crippen LogP contribution >= 0.6 is 11.8 Å². The number of carbonyl (C=O) groups excluding carboxylic acids is 3. The molecule has 7 nitrogen and oxygen atoms in total. The zero-order valence-corrected chi connectivity index (χ0v) is 18.0. The van der Waals surface area contributed by atoms with Crippen molar-refractivity contribution in [3.63, 3.8) is 0 Å². The quantitative estimate of drug-likeness (QED) is 0.584. The number of β-amino-alcohol motifs (C(OH)–C–C–N with tert-alkyl or cyclic N) is 1. The fraction of sp³-hybridized carbons (Fsp3) is 0.850. The third-order valence-electron chi connectivity index (χ3n) is 6.52. The van der Waals surface area contributed by atoms with E-state index in [4.69, 9.17) is 4.74 Å². The molecule has 3 rings (SSSR count). The zero-order valence-electron chi connectivity index (χ0n) is 17.2. The molecule has 3 saturated heterocycles. The topological polar surface area (TPSA) is 95.9 Å². The summed E-state index contributed by atoms with van der Waals surface area (Å²) in [6, 6.07) is -0.651. The number of fused-ring (bicyclic) bond motifs is 1. The standard InChI is InChI=1S/C20H32N2O5S/c1-5-7-12(3)21-16(24)15-20-9-8-19(4,28-20)14(18(26)27-6-2)13(20)17(25)22(15)10-11-23/h12-15,23H,5-11H2,1-4H3,(H,21,24)/t12?,13-,14+,15?,19-,20?/m0/s1. The van der Waals surface area contributed by atoms with Gasteiger partial charge in [-0.3, -0.25) is 14.4 Å². The number of aliphatic hydroxyl groups excluding tert-OH is 1. The van der Waals surface area contributed by atoms with Gasteiger partial charge in [-0.2, -0.15) is 0 Å². The van der Waals surface area contributed by atoms with E-state index in [0.29, 0.717) is 6.42 Å². The molecule has 6 atom stereocenters. The van der Waals surface area contributed by atoms with Crippen LogP contribution in [0.5, 0.6) is 0 Å².